The second-order valence-electron chi connectivity index (χ2n) is 2.30. The highest BCUT2D eigenvalue weighted by Crippen LogP contribution is 2.04. The van der Waals surface area contributed by atoms with Crippen LogP contribution in [0, 0.1) is 0 Å². The number of ketones is 1. The van der Waals surface area contributed by atoms with Crippen molar-refractivity contribution < 1.29 is 17.8 Å². The summed E-state index contributed by atoms with van der Waals surface area (Å²) in [6.45, 7) is 5.77. The van der Waals surface area contributed by atoms with Crippen molar-refractivity contribution in [2.45, 2.75) is 19.1 Å². The first-order valence-corrected chi connectivity index (χ1v) is 4.43. The Balaban J connectivity index is 4.66. The van der Waals surface area contributed by atoms with Crippen LogP contribution in [0.15, 0.2) is 12.2 Å². The Morgan fingerprint density at radius 2 is 1.91 bits per heavy atom. The Morgan fingerprint density at radius 3 is 2.00 bits per heavy atom. The van der Waals surface area contributed by atoms with Gasteiger partial charge in [0.15, 0.2) is 5.78 Å². The number of hydrogen-bond acceptors (Lipinski definition) is 3. The third-order valence-corrected chi connectivity index (χ3v) is 2.34. The lowest BCUT2D eigenvalue weighted by atomic mass is 10.2. The summed E-state index contributed by atoms with van der Waals surface area (Å²) >= 11 is 0. The molecule has 1 unspecified atom stereocenters. The quantitative estimate of drug-likeness (QED) is 0.502. The summed E-state index contributed by atoms with van der Waals surface area (Å²) < 4.78 is 29.2. The van der Waals surface area contributed by atoms with Crippen LogP contribution < -0.4 is 0 Å². The summed E-state index contributed by atoms with van der Waals surface area (Å²) in [5.74, 6) is -0.660. The van der Waals surface area contributed by atoms with E-state index in [2.05, 4.69) is 6.58 Å². The zero-order valence-corrected chi connectivity index (χ0v) is 7.18. The number of carbonyl (C=O) groups is 1. The molecule has 64 valence electrons. The van der Waals surface area contributed by atoms with E-state index in [1.807, 2.05) is 0 Å². The minimum Gasteiger partial charge on any atom is -0.293 e. The van der Waals surface area contributed by atoms with Gasteiger partial charge < -0.3 is 0 Å². The smallest absolute Gasteiger partial charge is 0.275 e. The van der Waals surface area contributed by atoms with Crippen LogP contribution in [0.4, 0.5) is 0 Å². The van der Waals surface area contributed by atoms with Crippen molar-refractivity contribution >= 4 is 15.9 Å². The molecule has 0 aliphatic heterocycles. The number of Topliss-reactive ketones (excluding diaryl/α,β-unsaturated/α-hetero) is 1. The molecule has 0 aromatic heterocycles. The fourth-order valence-electron chi connectivity index (χ4n) is 0.482. The third-order valence-electron chi connectivity index (χ3n) is 1.24. The molecule has 1 N–H and O–H groups in total. The van der Waals surface area contributed by atoms with Crippen molar-refractivity contribution in [1.82, 2.24) is 0 Å². The minimum atomic E-state index is -4.26. The van der Waals surface area contributed by atoms with Gasteiger partial charge >= 0.3 is 0 Å². The molecule has 0 bridgehead atoms. The Labute approximate surface area is 65.7 Å². The maximum absolute atomic E-state index is 10.9. The van der Waals surface area contributed by atoms with E-state index in [0.29, 0.717) is 0 Å². The molecule has 11 heavy (non-hydrogen) atoms. The molecule has 0 heterocycles. The summed E-state index contributed by atoms with van der Waals surface area (Å²) in [6.07, 6.45) is 0. The van der Waals surface area contributed by atoms with E-state index >= 15 is 0 Å². The van der Waals surface area contributed by atoms with E-state index < -0.39 is 21.2 Å². The van der Waals surface area contributed by atoms with Crippen LogP contribution in [0.5, 0.6) is 0 Å². The van der Waals surface area contributed by atoms with Gasteiger partial charge in [-0.15, -0.1) is 0 Å². The van der Waals surface area contributed by atoms with Crippen molar-refractivity contribution in [1.29, 1.82) is 0 Å². The number of rotatable bonds is 3. The van der Waals surface area contributed by atoms with E-state index in [1.54, 1.807) is 0 Å². The number of carbonyl (C=O) groups excluding carboxylic acids is 1. The Hall–Kier alpha value is -0.680. The van der Waals surface area contributed by atoms with Crippen LogP contribution in [0.2, 0.25) is 0 Å². The average Bonchev–Trinajstić information content (AvgIpc) is 1.82. The predicted octanol–water partition coefficient (Wildman–Crippen LogP) is 0.408. The Morgan fingerprint density at radius 1 is 1.55 bits per heavy atom. The van der Waals surface area contributed by atoms with Gasteiger partial charge in [0.25, 0.3) is 10.1 Å². The second kappa shape index (κ2) is 3.15. The SMILES string of the molecule is C=C(C)C(=O)C(C)S(=O)(=O)O. The van der Waals surface area contributed by atoms with Crippen LogP contribution in [-0.4, -0.2) is 24.0 Å². The standard InChI is InChI=1S/C6H10O4S/c1-4(2)6(7)5(3)11(8,9)10/h5H,1H2,2-3H3,(H,8,9,10). The zero-order chi connectivity index (χ0) is 9.23. The van der Waals surface area contributed by atoms with E-state index in [-0.39, 0.29) is 5.57 Å². The molecule has 0 aromatic carbocycles. The third kappa shape index (κ3) is 2.81. The molecular weight excluding hydrogens is 168 g/mol. The highest BCUT2D eigenvalue weighted by atomic mass is 32.2. The molecule has 0 spiro atoms. The van der Waals surface area contributed by atoms with Crippen LogP contribution in [0.25, 0.3) is 0 Å². The van der Waals surface area contributed by atoms with Gasteiger partial charge in [0.1, 0.15) is 5.25 Å². The van der Waals surface area contributed by atoms with E-state index in [4.69, 9.17) is 4.55 Å². The highest BCUT2D eigenvalue weighted by Gasteiger charge is 2.25. The van der Waals surface area contributed by atoms with Gasteiger partial charge in [-0.2, -0.15) is 8.42 Å². The van der Waals surface area contributed by atoms with Gasteiger partial charge in [0.05, 0.1) is 0 Å². The highest BCUT2D eigenvalue weighted by molar-refractivity contribution is 7.87. The molecule has 0 saturated carbocycles. The normalized spacial score (nSPS) is 14.1. The summed E-state index contributed by atoms with van der Waals surface area (Å²) in [5.41, 5.74) is 0.120. The van der Waals surface area contributed by atoms with Crippen LogP contribution >= 0.6 is 0 Å². The molecular formula is C6H10O4S. The van der Waals surface area contributed by atoms with Crippen molar-refractivity contribution in [3.05, 3.63) is 12.2 Å². The predicted molar refractivity (Wildman–Crippen MR) is 40.8 cm³/mol. The number of allylic oxidation sites excluding steroid dienone is 1. The van der Waals surface area contributed by atoms with Crippen molar-refractivity contribution in [3.63, 3.8) is 0 Å². The molecule has 0 aliphatic rings. The van der Waals surface area contributed by atoms with E-state index in [1.165, 1.54) is 6.92 Å². The first-order chi connectivity index (χ1) is 4.76. The van der Waals surface area contributed by atoms with Gasteiger partial charge in [0, 0.05) is 0 Å². The lowest BCUT2D eigenvalue weighted by Gasteiger charge is -2.04. The molecule has 5 heteroatoms. The van der Waals surface area contributed by atoms with Gasteiger partial charge in [0.2, 0.25) is 0 Å². The first kappa shape index (κ1) is 10.3. The molecule has 0 saturated heterocycles. The second-order valence-corrected chi connectivity index (χ2v) is 4.04. The Bertz CT molecular complexity index is 275. The molecule has 0 aliphatic carbocycles. The largest absolute Gasteiger partial charge is 0.293 e. The maximum Gasteiger partial charge on any atom is 0.275 e. The van der Waals surface area contributed by atoms with Crippen molar-refractivity contribution in [2.75, 3.05) is 0 Å². The average molecular weight is 178 g/mol. The van der Waals surface area contributed by atoms with Gasteiger partial charge in [-0.3, -0.25) is 9.35 Å². The molecule has 4 nitrogen and oxygen atoms in total. The summed E-state index contributed by atoms with van der Waals surface area (Å²) in [6, 6.07) is 0. The van der Waals surface area contributed by atoms with Gasteiger partial charge in [-0.05, 0) is 19.4 Å². The minimum absolute atomic E-state index is 0.120. The summed E-state index contributed by atoms with van der Waals surface area (Å²) in [4.78, 5) is 10.9. The lowest BCUT2D eigenvalue weighted by Crippen LogP contribution is -2.26. The summed E-state index contributed by atoms with van der Waals surface area (Å²) in [5, 5.41) is -1.40. The van der Waals surface area contributed by atoms with Crippen molar-refractivity contribution in [2.24, 2.45) is 0 Å². The molecule has 0 aromatic rings. The van der Waals surface area contributed by atoms with Crippen LogP contribution in [0.1, 0.15) is 13.8 Å². The molecule has 0 fully saturated rings. The fourth-order valence-corrected chi connectivity index (χ4v) is 0.954. The lowest BCUT2D eigenvalue weighted by molar-refractivity contribution is -0.114. The van der Waals surface area contributed by atoms with E-state index in [0.717, 1.165) is 6.92 Å². The fraction of sp³-hybridized carbons (Fsp3) is 0.500. The zero-order valence-electron chi connectivity index (χ0n) is 6.36. The van der Waals surface area contributed by atoms with Gasteiger partial charge in [-0.1, -0.05) is 6.58 Å². The topological polar surface area (TPSA) is 71.4 Å². The molecule has 1 atom stereocenters. The van der Waals surface area contributed by atoms with Gasteiger partial charge in [-0.25, -0.2) is 0 Å². The Kier molecular flexibility index (Phi) is 2.95. The first-order valence-electron chi connectivity index (χ1n) is 2.93. The van der Waals surface area contributed by atoms with Crippen LogP contribution in [-0.2, 0) is 14.9 Å². The van der Waals surface area contributed by atoms with Crippen molar-refractivity contribution in [3.8, 4) is 0 Å². The van der Waals surface area contributed by atoms with Crippen LogP contribution in [0.3, 0.4) is 0 Å². The van der Waals surface area contributed by atoms with E-state index in [9.17, 15) is 13.2 Å². The maximum atomic E-state index is 10.9. The molecule has 0 rings (SSSR count). The monoisotopic (exact) mass is 178 g/mol. The molecule has 0 radical (unpaired) electrons. The molecule has 0 amide bonds. The number of hydrogen-bond donors (Lipinski definition) is 1. The summed E-state index contributed by atoms with van der Waals surface area (Å²) in [7, 11) is -4.26.